The van der Waals surface area contributed by atoms with Crippen LogP contribution in [0.15, 0.2) is 12.4 Å². The van der Waals surface area contributed by atoms with Crippen LogP contribution in [0.4, 0.5) is 0 Å². The molecular formula is C15H25N3O. The third-order valence-electron chi connectivity index (χ3n) is 3.97. The van der Waals surface area contributed by atoms with E-state index in [0.29, 0.717) is 6.04 Å². The predicted molar refractivity (Wildman–Crippen MR) is 75.9 cm³/mol. The Morgan fingerprint density at radius 1 is 1.47 bits per heavy atom. The zero-order valence-corrected chi connectivity index (χ0v) is 12.1. The number of nitrogens with one attached hydrogen (secondary N) is 1. The lowest BCUT2D eigenvalue weighted by atomic mass is 9.95. The van der Waals surface area contributed by atoms with Crippen molar-refractivity contribution in [1.82, 2.24) is 14.9 Å². The van der Waals surface area contributed by atoms with E-state index >= 15 is 0 Å². The van der Waals surface area contributed by atoms with Crippen LogP contribution in [0.3, 0.4) is 0 Å². The summed E-state index contributed by atoms with van der Waals surface area (Å²) in [5.74, 6) is 1.14. The van der Waals surface area contributed by atoms with E-state index in [4.69, 9.17) is 0 Å². The summed E-state index contributed by atoms with van der Waals surface area (Å²) in [4.78, 5) is 16.6. The minimum absolute atomic E-state index is 0.127. The topological polar surface area (TPSA) is 46.9 Å². The first kappa shape index (κ1) is 14.1. The second kappa shape index (κ2) is 6.73. The number of carbonyl (C=O) groups is 1. The highest BCUT2D eigenvalue weighted by Crippen LogP contribution is 2.19. The van der Waals surface area contributed by atoms with Crippen molar-refractivity contribution in [2.75, 3.05) is 0 Å². The molecule has 1 aliphatic carbocycles. The molecule has 106 valence electrons. The summed E-state index contributed by atoms with van der Waals surface area (Å²) < 4.78 is 2.00. The first-order valence-electron chi connectivity index (χ1n) is 7.54. The second-order valence-electron chi connectivity index (χ2n) is 5.52. The van der Waals surface area contributed by atoms with Gasteiger partial charge in [-0.05, 0) is 26.2 Å². The molecule has 4 heteroatoms. The van der Waals surface area contributed by atoms with Crippen molar-refractivity contribution >= 4 is 5.91 Å². The van der Waals surface area contributed by atoms with Gasteiger partial charge in [0.1, 0.15) is 11.9 Å². The number of amides is 1. The average Bonchev–Trinajstić information content (AvgIpc) is 2.87. The molecule has 1 aromatic rings. The van der Waals surface area contributed by atoms with E-state index in [1.54, 1.807) is 6.20 Å². The fourth-order valence-corrected chi connectivity index (χ4v) is 2.81. The molecule has 1 saturated carbocycles. The molecule has 1 atom stereocenters. The molecule has 0 bridgehead atoms. The molecule has 0 saturated heterocycles. The molecule has 1 aliphatic rings. The van der Waals surface area contributed by atoms with Crippen LogP contribution >= 0.6 is 0 Å². The molecule has 2 rings (SSSR count). The largest absolute Gasteiger partial charge is 0.352 e. The summed E-state index contributed by atoms with van der Waals surface area (Å²) in [7, 11) is 0. The quantitative estimate of drug-likeness (QED) is 0.888. The number of rotatable bonds is 5. The Balaban J connectivity index is 1.95. The van der Waals surface area contributed by atoms with Gasteiger partial charge in [-0.25, -0.2) is 4.98 Å². The molecule has 1 unspecified atom stereocenters. The van der Waals surface area contributed by atoms with Crippen LogP contribution in [0.25, 0.3) is 0 Å². The highest BCUT2D eigenvalue weighted by atomic mass is 16.2. The van der Waals surface area contributed by atoms with Crippen molar-refractivity contribution < 1.29 is 4.79 Å². The van der Waals surface area contributed by atoms with Gasteiger partial charge in [0.15, 0.2) is 0 Å². The van der Waals surface area contributed by atoms with E-state index < -0.39 is 0 Å². The highest BCUT2D eigenvalue weighted by Gasteiger charge is 2.21. The number of carbonyl (C=O) groups excluding carboxylic acids is 1. The van der Waals surface area contributed by atoms with Crippen molar-refractivity contribution in [3.8, 4) is 0 Å². The Hall–Kier alpha value is -1.32. The van der Waals surface area contributed by atoms with E-state index in [9.17, 15) is 4.79 Å². The molecule has 0 aromatic carbocycles. The SMILES string of the molecule is CCCc1nccn1C(C)C(=O)NC1CCCCC1. The van der Waals surface area contributed by atoms with Crippen molar-refractivity contribution in [3.63, 3.8) is 0 Å². The normalized spacial score (nSPS) is 18.2. The van der Waals surface area contributed by atoms with Crippen LogP contribution in [-0.4, -0.2) is 21.5 Å². The monoisotopic (exact) mass is 263 g/mol. The van der Waals surface area contributed by atoms with Gasteiger partial charge in [0.2, 0.25) is 5.91 Å². The number of nitrogens with zero attached hydrogens (tertiary/aromatic N) is 2. The van der Waals surface area contributed by atoms with Crippen LogP contribution in [-0.2, 0) is 11.2 Å². The first-order valence-corrected chi connectivity index (χ1v) is 7.54. The van der Waals surface area contributed by atoms with E-state index in [1.165, 1.54) is 19.3 Å². The maximum atomic E-state index is 12.3. The number of aryl methyl sites for hydroxylation is 1. The van der Waals surface area contributed by atoms with Gasteiger partial charge in [-0.1, -0.05) is 26.2 Å². The number of imidazole rings is 1. The first-order chi connectivity index (χ1) is 9.22. The molecule has 0 spiro atoms. The van der Waals surface area contributed by atoms with Crippen molar-refractivity contribution in [3.05, 3.63) is 18.2 Å². The van der Waals surface area contributed by atoms with Gasteiger partial charge in [-0.15, -0.1) is 0 Å². The molecule has 1 amide bonds. The van der Waals surface area contributed by atoms with Crippen LogP contribution in [0.5, 0.6) is 0 Å². The molecule has 1 N–H and O–H groups in total. The molecular weight excluding hydrogens is 238 g/mol. The predicted octanol–water partition coefficient (Wildman–Crippen LogP) is 2.85. The molecule has 0 aliphatic heterocycles. The molecule has 1 fully saturated rings. The number of aromatic nitrogens is 2. The molecule has 4 nitrogen and oxygen atoms in total. The Morgan fingerprint density at radius 3 is 2.89 bits per heavy atom. The summed E-state index contributed by atoms with van der Waals surface area (Å²) in [6, 6.07) is 0.216. The minimum Gasteiger partial charge on any atom is -0.352 e. The van der Waals surface area contributed by atoms with Gasteiger partial charge < -0.3 is 9.88 Å². The van der Waals surface area contributed by atoms with E-state index in [-0.39, 0.29) is 11.9 Å². The number of hydrogen-bond acceptors (Lipinski definition) is 2. The fourth-order valence-electron chi connectivity index (χ4n) is 2.81. The molecule has 0 radical (unpaired) electrons. The van der Waals surface area contributed by atoms with Gasteiger partial charge in [0, 0.05) is 24.9 Å². The molecule has 1 heterocycles. The fraction of sp³-hybridized carbons (Fsp3) is 0.733. The van der Waals surface area contributed by atoms with Gasteiger partial charge in [-0.2, -0.15) is 0 Å². The van der Waals surface area contributed by atoms with Gasteiger partial charge in [0.05, 0.1) is 0 Å². The lowest BCUT2D eigenvalue weighted by molar-refractivity contribution is -0.124. The van der Waals surface area contributed by atoms with E-state index in [2.05, 4.69) is 17.2 Å². The maximum Gasteiger partial charge on any atom is 0.243 e. The standard InChI is InChI=1S/C15H25N3O/c1-3-7-14-16-10-11-18(14)12(2)15(19)17-13-8-5-4-6-9-13/h10-13H,3-9H2,1-2H3,(H,17,19). The van der Waals surface area contributed by atoms with Gasteiger partial charge in [0.25, 0.3) is 0 Å². The molecule has 1 aromatic heterocycles. The maximum absolute atomic E-state index is 12.3. The van der Waals surface area contributed by atoms with Crippen molar-refractivity contribution in [2.24, 2.45) is 0 Å². The van der Waals surface area contributed by atoms with Gasteiger partial charge in [-0.3, -0.25) is 4.79 Å². The Kier molecular flexibility index (Phi) is 5.00. The Bertz CT molecular complexity index is 407. The Morgan fingerprint density at radius 2 is 2.21 bits per heavy atom. The smallest absolute Gasteiger partial charge is 0.243 e. The third kappa shape index (κ3) is 3.58. The Labute approximate surface area is 115 Å². The van der Waals surface area contributed by atoms with Crippen LogP contribution < -0.4 is 5.32 Å². The summed E-state index contributed by atoms with van der Waals surface area (Å²) in [5.41, 5.74) is 0. The zero-order valence-electron chi connectivity index (χ0n) is 12.1. The third-order valence-corrected chi connectivity index (χ3v) is 3.97. The second-order valence-corrected chi connectivity index (χ2v) is 5.52. The van der Waals surface area contributed by atoms with Crippen molar-refractivity contribution in [1.29, 1.82) is 0 Å². The lowest BCUT2D eigenvalue weighted by Crippen LogP contribution is -2.40. The van der Waals surface area contributed by atoms with Gasteiger partial charge >= 0.3 is 0 Å². The van der Waals surface area contributed by atoms with Crippen LogP contribution in [0.1, 0.15) is 64.2 Å². The lowest BCUT2D eigenvalue weighted by Gasteiger charge is -2.25. The molecule has 19 heavy (non-hydrogen) atoms. The summed E-state index contributed by atoms with van der Waals surface area (Å²) in [6.07, 6.45) is 11.7. The minimum atomic E-state index is -0.161. The average molecular weight is 263 g/mol. The van der Waals surface area contributed by atoms with E-state index in [1.807, 2.05) is 17.7 Å². The summed E-state index contributed by atoms with van der Waals surface area (Å²) in [5, 5.41) is 3.19. The van der Waals surface area contributed by atoms with E-state index in [0.717, 1.165) is 31.5 Å². The van der Waals surface area contributed by atoms with Crippen LogP contribution in [0.2, 0.25) is 0 Å². The highest BCUT2D eigenvalue weighted by molar-refractivity contribution is 5.80. The summed E-state index contributed by atoms with van der Waals surface area (Å²) in [6.45, 7) is 4.09. The van der Waals surface area contributed by atoms with Crippen molar-refractivity contribution in [2.45, 2.75) is 70.9 Å². The summed E-state index contributed by atoms with van der Waals surface area (Å²) >= 11 is 0. The zero-order chi connectivity index (χ0) is 13.7. The number of hydrogen-bond donors (Lipinski definition) is 1. The van der Waals surface area contributed by atoms with Crippen LogP contribution in [0, 0.1) is 0 Å².